The van der Waals surface area contributed by atoms with Gasteiger partial charge in [0.15, 0.2) is 0 Å². The summed E-state index contributed by atoms with van der Waals surface area (Å²) in [6, 6.07) is 13.9. The maximum absolute atomic E-state index is 13.8. The van der Waals surface area contributed by atoms with E-state index in [0.29, 0.717) is 18.3 Å². The number of alkyl halides is 1. The Balaban J connectivity index is 1.82. The molecule has 1 saturated carbocycles. The number of rotatable bonds is 6. The van der Waals surface area contributed by atoms with Gasteiger partial charge in [-0.3, -0.25) is 0 Å². The van der Waals surface area contributed by atoms with E-state index in [1.807, 2.05) is 0 Å². The summed E-state index contributed by atoms with van der Waals surface area (Å²) >= 11 is 0. The second kappa shape index (κ2) is 7.08. The standard InChI is InChI=1S/C26H35F/c1-17-13-18(2)15-22(14-17)24-23(26(24,6)7)21-11-10-19(3)20(16-21)9-8-12-25(4,5)27/h10-11,13-16,23-24H,8-9,12H2,1-7H3. The summed E-state index contributed by atoms with van der Waals surface area (Å²) < 4.78 is 13.8. The van der Waals surface area contributed by atoms with Gasteiger partial charge in [-0.2, -0.15) is 0 Å². The van der Waals surface area contributed by atoms with Crippen LogP contribution in [0.25, 0.3) is 0 Å². The number of hydrogen-bond donors (Lipinski definition) is 0. The van der Waals surface area contributed by atoms with Gasteiger partial charge in [-0.25, -0.2) is 4.39 Å². The van der Waals surface area contributed by atoms with Crippen LogP contribution in [0.1, 0.15) is 85.8 Å². The lowest BCUT2D eigenvalue weighted by atomic mass is 9.94. The summed E-state index contributed by atoms with van der Waals surface area (Å²) in [6.07, 6.45) is 2.49. The Labute approximate surface area is 165 Å². The van der Waals surface area contributed by atoms with Crippen LogP contribution in [0.3, 0.4) is 0 Å². The molecule has 0 heterocycles. The van der Waals surface area contributed by atoms with Crippen molar-refractivity contribution in [3.05, 3.63) is 69.8 Å². The molecule has 0 N–H and O–H groups in total. The monoisotopic (exact) mass is 366 g/mol. The highest BCUT2D eigenvalue weighted by Crippen LogP contribution is 2.70. The molecule has 27 heavy (non-hydrogen) atoms. The molecule has 2 aromatic rings. The fraction of sp³-hybridized carbons (Fsp3) is 0.538. The number of benzene rings is 2. The van der Waals surface area contributed by atoms with Gasteiger partial charge in [0.1, 0.15) is 5.67 Å². The van der Waals surface area contributed by atoms with Crippen molar-refractivity contribution < 1.29 is 4.39 Å². The Morgan fingerprint density at radius 2 is 1.48 bits per heavy atom. The van der Waals surface area contributed by atoms with Gasteiger partial charge >= 0.3 is 0 Å². The Morgan fingerprint density at radius 3 is 2.07 bits per heavy atom. The summed E-state index contributed by atoms with van der Waals surface area (Å²) in [5.41, 5.74) is 7.56. The van der Waals surface area contributed by atoms with Crippen molar-refractivity contribution >= 4 is 0 Å². The van der Waals surface area contributed by atoms with Gasteiger partial charge in [-0.15, -0.1) is 0 Å². The lowest BCUT2D eigenvalue weighted by Crippen LogP contribution is -2.11. The molecule has 0 amide bonds. The van der Waals surface area contributed by atoms with E-state index in [4.69, 9.17) is 0 Å². The molecule has 0 bridgehead atoms. The van der Waals surface area contributed by atoms with E-state index < -0.39 is 5.67 Å². The highest BCUT2D eigenvalue weighted by Gasteiger charge is 2.58. The minimum Gasteiger partial charge on any atom is -0.245 e. The van der Waals surface area contributed by atoms with Crippen molar-refractivity contribution in [1.82, 2.24) is 0 Å². The molecule has 2 unspecified atom stereocenters. The molecule has 3 rings (SSSR count). The van der Waals surface area contributed by atoms with E-state index in [9.17, 15) is 4.39 Å². The summed E-state index contributed by atoms with van der Waals surface area (Å²) in [5.74, 6) is 1.15. The molecular formula is C26H35F. The van der Waals surface area contributed by atoms with Gasteiger partial charge in [0.05, 0.1) is 0 Å². The van der Waals surface area contributed by atoms with Crippen LogP contribution in [0, 0.1) is 26.2 Å². The summed E-state index contributed by atoms with van der Waals surface area (Å²) in [7, 11) is 0. The van der Waals surface area contributed by atoms with Gasteiger partial charge in [0.25, 0.3) is 0 Å². The van der Waals surface area contributed by atoms with Gasteiger partial charge < -0.3 is 0 Å². The molecule has 1 heteroatoms. The van der Waals surface area contributed by atoms with Crippen molar-refractivity contribution in [1.29, 1.82) is 0 Å². The second-order valence-corrected chi connectivity index (χ2v) is 9.96. The first kappa shape index (κ1) is 20.1. The molecule has 0 aliphatic heterocycles. The average Bonchev–Trinajstić information content (AvgIpc) is 3.09. The molecule has 1 fully saturated rings. The maximum atomic E-state index is 13.8. The largest absolute Gasteiger partial charge is 0.245 e. The van der Waals surface area contributed by atoms with Crippen LogP contribution in [-0.4, -0.2) is 5.67 Å². The zero-order chi connectivity index (χ0) is 20.0. The quantitative estimate of drug-likeness (QED) is 0.494. The fourth-order valence-corrected chi connectivity index (χ4v) is 4.92. The normalized spacial score (nSPS) is 21.3. The third-order valence-electron chi connectivity index (χ3n) is 6.38. The van der Waals surface area contributed by atoms with Crippen molar-refractivity contribution in [2.45, 2.75) is 85.2 Å². The summed E-state index contributed by atoms with van der Waals surface area (Å²) in [5, 5.41) is 0. The molecule has 0 spiro atoms. The molecule has 146 valence electrons. The first-order chi connectivity index (χ1) is 12.5. The Kier molecular flexibility index (Phi) is 5.27. The van der Waals surface area contributed by atoms with E-state index in [-0.39, 0.29) is 5.41 Å². The Hall–Kier alpha value is -1.63. The van der Waals surface area contributed by atoms with E-state index in [0.717, 1.165) is 12.8 Å². The average molecular weight is 367 g/mol. The zero-order valence-corrected chi connectivity index (χ0v) is 18.1. The van der Waals surface area contributed by atoms with Crippen molar-refractivity contribution in [3.8, 4) is 0 Å². The Morgan fingerprint density at radius 1 is 0.889 bits per heavy atom. The Bertz CT molecular complexity index is 802. The molecule has 0 radical (unpaired) electrons. The van der Waals surface area contributed by atoms with Gasteiger partial charge in [-0.05, 0) is 93.4 Å². The van der Waals surface area contributed by atoms with Crippen LogP contribution in [-0.2, 0) is 6.42 Å². The third-order valence-corrected chi connectivity index (χ3v) is 6.38. The molecule has 0 saturated heterocycles. The van der Waals surface area contributed by atoms with Crippen molar-refractivity contribution in [2.75, 3.05) is 0 Å². The highest BCUT2D eigenvalue weighted by molar-refractivity contribution is 5.46. The second-order valence-electron chi connectivity index (χ2n) is 9.96. The highest BCUT2D eigenvalue weighted by atomic mass is 19.1. The van der Waals surface area contributed by atoms with Crippen LogP contribution in [0.15, 0.2) is 36.4 Å². The molecule has 1 aliphatic rings. The summed E-state index contributed by atoms with van der Waals surface area (Å²) in [6.45, 7) is 14.7. The van der Waals surface area contributed by atoms with Crippen LogP contribution < -0.4 is 0 Å². The number of halogens is 1. The molecule has 2 aromatic carbocycles. The molecule has 2 atom stereocenters. The van der Waals surface area contributed by atoms with Crippen LogP contribution in [0.5, 0.6) is 0 Å². The molecular weight excluding hydrogens is 331 g/mol. The van der Waals surface area contributed by atoms with Gasteiger partial charge in [0.2, 0.25) is 0 Å². The van der Waals surface area contributed by atoms with Crippen LogP contribution in [0.2, 0.25) is 0 Å². The first-order valence-corrected chi connectivity index (χ1v) is 10.4. The maximum Gasteiger partial charge on any atom is 0.105 e. The number of hydrogen-bond acceptors (Lipinski definition) is 0. The minimum atomic E-state index is -1.07. The van der Waals surface area contributed by atoms with E-state index >= 15 is 0 Å². The van der Waals surface area contributed by atoms with Crippen molar-refractivity contribution in [2.24, 2.45) is 5.41 Å². The van der Waals surface area contributed by atoms with E-state index in [1.54, 1.807) is 13.8 Å². The van der Waals surface area contributed by atoms with Crippen LogP contribution >= 0.6 is 0 Å². The zero-order valence-electron chi connectivity index (χ0n) is 18.1. The fourth-order valence-electron chi connectivity index (χ4n) is 4.92. The summed E-state index contributed by atoms with van der Waals surface area (Å²) in [4.78, 5) is 0. The third kappa shape index (κ3) is 4.45. The lowest BCUT2D eigenvalue weighted by Gasteiger charge is -2.15. The van der Waals surface area contributed by atoms with E-state index in [1.165, 1.54) is 33.4 Å². The predicted molar refractivity (Wildman–Crippen MR) is 114 cm³/mol. The van der Waals surface area contributed by atoms with Gasteiger partial charge in [-0.1, -0.05) is 61.4 Å². The van der Waals surface area contributed by atoms with Crippen molar-refractivity contribution in [3.63, 3.8) is 0 Å². The molecule has 0 aromatic heterocycles. The number of aryl methyl sites for hydroxylation is 4. The predicted octanol–water partition coefficient (Wildman–Crippen LogP) is 7.59. The minimum absolute atomic E-state index is 0.285. The van der Waals surface area contributed by atoms with Gasteiger partial charge in [0, 0.05) is 0 Å². The van der Waals surface area contributed by atoms with E-state index in [2.05, 4.69) is 71.0 Å². The first-order valence-electron chi connectivity index (χ1n) is 10.4. The molecule has 1 aliphatic carbocycles. The van der Waals surface area contributed by atoms with Crippen LogP contribution in [0.4, 0.5) is 4.39 Å². The SMILES string of the molecule is Cc1cc(C)cc(C2C(c3ccc(C)c(CCCC(C)(C)F)c3)C2(C)C)c1. The lowest BCUT2D eigenvalue weighted by molar-refractivity contribution is 0.197. The smallest absolute Gasteiger partial charge is 0.105 e. The molecule has 0 nitrogen and oxygen atoms in total. The topological polar surface area (TPSA) is 0 Å².